The highest BCUT2D eigenvalue weighted by Gasteiger charge is 2.20. The lowest BCUT2D eigenvalue weighted by molar-refractivity contribution is -0.117. The van der Waals surface area contributed by atoms with E-state index in [1.165, 1.54) is 0 Å². The maximum Gasteiger partial charge on any atom is 0.237 e. The summed E-state index contributed by atoms with van der Waals surface area (Å²) in [5.41, 5.74) is 10.1. The number of aromatic nitrogens is 1. The number of hydrogen-bond donors (Lipinski definition) is 3. The largest absolute Gasteiger partial charge is 0.368 e. The molecule has 0 aliphatic rings. The van der Waals surface area contributed by atoms with Crippen LogP contribution in [0.2, 0.25) is 0 Å². The van der Waals surface area contributed by atoms with Crippen LogP contribution in [0.3, 0.4) is 0 Å². The van der Waals surface area contributed by atoms with E-state index >= 15 is 0 Å². The Morgan fingerprint density at radius 3 is 2.29 bits per heavy atom. The second-order valence-electron chi connectivity index (χ2n) is 4.34. The van der Waals surface area contributed by atoms with Gasteiger partial charge in [0, 0.05) is 12.6 Å². The van der Waals surface area contributed by atoms with Gasteiger partial charge in [-0.05, 0) is 6.42 Å². The molecule has 0 saturated carbocycles. The van der Waals surface area contributed by atoms with E-state index in [1.807, 2.05) is 6.92 Å². The molecule has 0 unspecified atom stereocenters. The quantitative estimate of drug-likeness (QED) is 0.623. The molecule has 1 aromatic rings. The number of amides is 2. The average Bonchev–Trinajstić information content (AvgIpc) is 2.36. The second kappa shape index (κ2) is 7.36. The van der Waals surface area contributed by atoms with Crippen LogP contribution in [0.5, 0.6) is 0 Å². The maximum atomic E-state index is 13.8. The smallest absolute Gasteiger partial charge is 0.237 e. The lowest BCUT2D eigenvalue weighted by atomic mass is 10.3. The number of rotatable bonds is 8. The Labute approximate surface area is 120 Å². The Bertz CT molecular complexity index is 523. The number of pyridine rings is 1. The van der Waals surface area contributed by atoms with Gasteiger partial charge in [0.1, 0.15) is 0 Å². The fourth-order valence-corrected chi connectivity index (χ4v) is 1.63. The number of anilines is 2. The maximum absolute atomic E-state index is 13.8. The molecule has 7 nitrogen and oxygen atoms in total. The van der Waals surface area contributed by atoms with Crippen LogP contribution in [0, 0.1) is 11.6 Å². The van der Waals surface area contributed by atoms with Gasteiger partial charge in [-0.1, -0.05) is 6.92 Å². The molecule has 2 amide bonds. The Kier molecular flexibility index (Phi) is 5.82. The minimum absolute atomic E-state index is 0.174. The summed E-state index contributed by atoms with van der Waals surface area (Å²) >= 11 is 0. The van der Waals surface area contributed by atoms with E-state index in [2.05, 4.69) is 10.3 Å². The fraction of sp³-hybridized carbons (Fsp3) is 0.417. The van der Waals surface area contributed by atoms with Gasteiger partial charge in [0.15, 0.2) is 23.3 Å². The van der Waals surface area contributed by atoms with Crippen LogP contribution in [0.1, 0.15) is 13.3 Å². The molecule has 0 aromatic carbocycles. The summed E-state index contributed by atoms with van der Waals surface area (Å²) in [5.74, 6) is -4.03. The number of halogens is 2. The Morgan fingerprint density at radius 2 is 1.81 bits per heavy atom. The molecule has 1 aromatic heterocycles. The van der Waals surface area contributed by atoms with Gasteiger partial charge in [0.25, 0.3) is 0 Å². The number of carbonyl (C=O) groups excluding carboxylic acids is 2. The number of carbonyl (C=O) groups is 2. The second-order valence-corrected chi connectivity index (χ2v) is 4.34. The molecule has 9 heteroatoms. The number of hydrogen-bond acceptors (Lipinski definition) is 5. The van der Waals surface area contributed by atoms with Gasteiger partial charge in [-0.25, -0.2) is 13.8 Å². The Hall–Kier alpha value is -2.45. The molecule has 0 atom stereocenters. The monoisotopic (exact) mass is 301 g/mol. The van der Waals surface area contributed by atoms with Crippen molar-refractivity contribution < 1.29 is 18.4 Å². The lowest BCUT2D eigenvalue weighted by Crippen LogP contribution is -2.40. The van der Waals surface area contributed by atoms with Crippen LogP contribution in [-0.2, 0) is 9.59 Å². The van der Waals surface area contributed by atoms with E-state index in [9.17, 15) is 18.4 Å². The van der Waals surface area contributed by atoms with Crippen LogP contribution in [0.25, 0.3) is 0 Å². The third kappa shape index (κ3) is 4.86. The summed E-state index contributed by atoms with van der Waals surface area (Å²) in [5, 5.41) is 2.68. The predicted octanol–water partition coefficient (Wildman–Crippen LogP) is -0.0413. The molecular weight excluding hydrogens is 284 g/mol. The minimum atomic E-state index is -1.02. The number of nitrogens with two attached hydrogens (primary N) is 2. The topological polar surface area (TPSA) is 114 Å². The molecule has 0 aliphatic carbocycles. The molecular formula is C12H17F2N5O2. The molecule has 21 heavy (non-hydrogen) atoms. The first-order chi connectivity index (χ1) is 9.85. The van der Waals surface area contributed by atoms with Crippen LogP contribution in [-0.4, -0.2) is 36.4 Å². The number of primary amides is 2. The predicted molar refractivity (Wildman–Crippen MR) is 73.5 cm³/mol. The normalized spacial score (nSPS) is 10.2. The van der Waals surface area contributed by atoms with E-state index in [0.29, 0.717) is 19.0 Å². The highest BCUT2D eigenvalue weighted by Crippen LogP contribution is 2.22. The van der Waals surface area contributed by atoms with E-state index in [0.717, 1.165) is 4.90 Å². The van der Waals surface area contributed by atoms with Crippen LogP contribution in [0.4, 0.5) is 20.4 Å². The molecule has 0 spiro atoms. The molecule has 0 bridgehead atoms. The SMILES string of the molecule is CCCNc1nc(N(CC(N)=O)CC(N)=O)c(F)cc1F. The van der Waals surface area contributed by atoms with Crippen molar-refractivity contribution in [3.63, 3.8) is 0 Å². The zero-order valence-electron chi connectivity index (χ0n) is 11.5. The molecule has 0 fully saturated rings. The van der Waals surface area contributed by atoms with Gasteiger partial charge in [-0.2, -0.15) is 0 Å². The van der Waals surface area contributed by atoms with E-state index in [1.54, 1.807) is 0 Å². The van der Waals surface area contributed by atoms with Crippen LogP contribution < -0.4 is 21.7 Å². The Balaban J connectivity index is 3.15. The summed E-state index contributed by atoms with van der Waals surface area (Å²) in [7, 11) is 0. The molecule has 116 valence electrons. The van der Waals surface area contributed by atoms with Gasteiger partial charge in [0.2, 0.25) is 11.8 Å². The van der Waals surface area contributed by atoms with Crippen molar-refractivity contribution >= 4 is 23.5 Å². The average molecular weight is 301 g/mol. The molecule has 5 N–H and O–H groups in total. The minimum Gasteiger partial charge on any atom is -0.368 e. The molecule has 1 heterocycles. The van der Waals surface area contributed by atoms with Crippen molar-refractivity contribution in [2.75, 3.05) is 29.9 Å². The van der Waals surface area contributed by atoms with Gasteiger partial charge in [-0.15, -0.1) is 0 Å². The number of nitrogens with zero attached hydrogens (tertiary/aromatic N) is 2. The number of nitrogens with one attached hydrogen (secondary N) is 1. The fourth-order valence-electron chi connectivity index (χ4n) is 1.63. The molecule has 0 radical (unpaired) electrons. The Morgan fingerprint density at radius 1 is 1.24 bits per heavy atom. The zero-order chi connectivity index (χ0) is 16.0. The third-order valence-corrected chi connectivity index (χ3v) is 2.45. The first-order valence-corrected chi connectivity index (χ1v) is 6.26. The lowest BCUT2D eigenvalue weighted by Gasteiger charge is -2.21. The van der Waals surface area contributed by atoms with E-state index in [-0.39, 0.29) is 11.6 Å². The summed E-state index contributed by atoms with van der Waals surface area (Å²) in [6, 6.07) is 0.620. The van der Waals surface area contributed by atoms with Crippen molar-refractivity contribution in [3.8, 4) is 0 Å². The van der Waals surface area contributed by atoms with E-state index < -0.39 is 36.5 Å². The third-order valence-electron chi connectivity index (χ3n) is 2.45. The van der Waals surface area contributed by atoms with Crippen molar-refractivity contribution in [2.45, 2.75) is 13.3 Å². The van der Waals surface area contributed by atoms with Crippen LogP contribution in [0.15, 0.2) is 6.07 Å². The standard InChI is InChI=1S/C12H17F2N5O2/c1-2-3-17-11-7(13)4-8(14)12(18-11)19(5-9(15)20)6-10(16)21/h4H,2-3,5-6H2,1H3,(H2,15,20)(H2,16,21)(H,17,18). The van der Waals surface area contributed by atoms with E-state index in [4.69, 9.17) is 11.5 Å². The summed E-state index contributed by atoms with van der Waals surface area (Å²) < 4.78 is 27.4. The molecule has 0 saturated heterocycles. The first-order valence-electron chi connectivity index (χ1n) is 6.26. The van der Waals surface area contributed by atoms with Crippen molar-refractivity contribution in [1.29, 1.82) is 0 Å². The molecule has 1 rings (SSSR count). The van der Waals surface area contributed by atoms with Crippen molar-refractivity contribution in [2.24, 2.45) is 11.5 Å². The van der Waals surface area contributed by atoms with Gasteiger partial charge in [-0.3, -0.25) is 9.59 Å². The molecule has 0 aliphatic heterocycles. The summed E-state index contributed by atoms with van der Waals surface area (Å²) in [6.07, 6.45) is 0.708. The van der Waals surface area contributed by atoms with Crippen molar-refractivity contribution in [3.05, 3.63) is 17.7 Å². The first kappa shape index (κ1) is 16.6. The summed E-state index contributed by atoms with van der Waals surface area (Å²) in [6.45, 7) is 1.36. The summed E-state index contributed by atoms with van der Waals surface area (Å²) in [4.78, 5) is 26.7. The highest BCUT2D eigenvalue weighted by molar-refractivity contribution is 5.84. The highest BCUT2D eigenvalue weighted by atomic mass is 19.1. The van der Waals surface area contributed by atoms with Gasteiger partial charge in [0.05, 0.1) is 13.1 Å². The van der Waals surface area contributed by atoms with Gasteiger partial charge >= 0.3 is 0 Å². The zero-order valence-corrected chi connectivity index (χ0v) is 11.5. The van der Waals surface area contributed by atoms with Crippen molar-refractivity contribution in [1.82, 2.24) is 4.98 Å². The van der Waals surface area contributed by atoms with Gasteiger partial charge < -0.3 is 21.7 Å². The van der Waals surface area contributed by atoms with Crippen LogP contribution >= 0.6 is 0 Å².